The Labute approximate surface area is 114 Å². The molecule has 0 spiro atoms. The van der Waals surface area contributed by atoms with Crippen LogP contribution in [0.2, 0.25) is 5.15 Å². The van der Waals surface area contributed by atoms with E-state index >= 15 is 0 Å². The second kappa shape index (κ2) is 5.83. The summed E-state index contributed by atoms with van der Waals surface area (Å²) in [6, 6.07) is 1.44. The number of hydrogen-bond donors (Lipinski definition) is 2. The number of piperidine rings is 1. The van der Waals surface area contributed by atoms with Crippen molar-refractivity contribution in [1.82, 2.24) is 14.9 Å². The molecule has 19 heavy (non-hydrogen) atoms. The van der Waals surface area contributed by atoms with Gasteiger partial charge in [-0.3, -0.25) is 4.79 Å². The molecular weight excluding hydrogens is 272 g/mol. The number of carbonyl (C=O) groups excluding carboxylic acids is 1. The number of rotatable bonds is 2. The molecule has 1 aliphatic heterocycles. The van der Waals surface area contributed by atoms with Gasteiger partial charge in [-0.25, -0.2) is 14.8 Å². The molecule has 7 nitrogen and oxygen atoms in total. The van der Waals surface area contributed by atoms with Gasteiger partial charge in [0, 0.05) is 19.2 Å². The first-order valence-electron chi connectivity index (χ1n) is 5.82. The molecule has 2 amide bonds. The minimum atomic E-state index is -0.998. The number of nitrogens with one attached hydrogen (secondary N) is 1. The van der Waals surface area contributed by atoms with Gasteiger partial charge in [0.2, 0.25) is 5.91 Å². The maximum absolute atomic E-state index is 12.0. The van der Waals surface area contributed by atoms with Crippen molar-refractivity contribution >= 4 is 29.4 Å². The number of likely N-dealkylation sites (tertiary alicyclic amines) is 1. The first-order chi connectivity index (χ1) is 9.06. The highest BCUT2D eigenvalue weighted by Crippen LogP contribution is 2.18. The largest absolute Gasteiger partial charge is 0.465 e. The van der Waals surface area contributed by atoms with Crippen molar-refractivity contribution in [3.05, 3.63) is 17.5 Å². The third-order valence-corrected chi connectivity index (χ3v) is 3.15. The van der Waals surface area contributed by atoms with Crippen LogP contribution in [0.25, 0.3) is 0 Å². The second-order valence-corrected chi connectivity index (χ2v) is 4.67. The highest BCUT2D eigenvalue weighted by atomic mass is 35.5. The van der Waals surface area contributed by atoms with Crippen LogP contribution >= 0.6 is 11.6 Å². The summed E-state index contributed by atoms with van der Waals surface area (Å²) in [5.74, 6) is -0.295. The highest BCUT2D eigenvalue weighted by Gasteiger charge is 2.28. The molecular formula is C11H13ClN4O3. The number of nitrogens with zero attached hydrogens (tertiary/aromatic N) is 3. The molecule has 0 aromatic carbocycles. The summed E-state index contributed by atoms with van der Waals surface area (Å²) < 4.78 is 0. The van der Waals surface area contributed by atoms with Gasteiger partial charge in [0.1, 0.15) is 17.3 Å². The summed E-state index contributed by atoms with van der Waals surface area (Å²) >= 11 is 5.69. The Morgan fingerprint density at radius 2 is 2.26 bits per heavy atom. The molecule has 1 aromatic heterocycles. The average molecular weight is 285 g/mol. The van der Waals surface area contributed by atoms with Crippen molar-refractivity contribution in [3.8, 4) is 0 Å². The molecule has 2 N–H and O–H groups in total. The van der Waals surface area contributed by atoms with Gasteiger partial charge in [-0.2, -0.15) is 0 Å². The Morgan fingerprint density at radius 1 is 1.47 bits per heavy atom. The molecule has 0 radical (unpaired) electrons. The molecule has 1 aliphatic rings. The van der Waals surface area contributed by atoms with Gasteiger partial charge in [0.05, 0.1) is 5.92 Å². The number of hydrogen-bond acceptors (Lipinski definition) is 4. The van der Waals surface area contributed by atoms with Gasteiger partial charge in [0.15, 0.2) is 0 Å². The third-order valence-electron chi connectivity index (χ3n) is 2.95. The van der Waals surface area contributed by atoms with E-state index in [-0.39, 0.29) is 23.5 Å². The molecule has 0 aliphatic carbocycles. The Bertz CT molecular complexity index is 497. The standard InChI is InChI=1S/C11H13ClN4O3/c12-8-4-9(14-6-13-8)15-10(17)7-2-1-3-16(5-7)11(18)19/h4,6-7H,1-3,5H2,(H,18,19)(H,13,14,15,17). The summed E-state index contributed by atoms with van der Waals surface area (Å²) in [5.41, 5.74) is 0. The molecule has 102 valence electrons. The monoisotopic (exact) mass is 284 g/mol. The van der Waals surface area contributed by atoms with Crippen LogP contribution in [-0.2, 0) is 4.79 Å². The van der Waals surface area contributed by atoms with Crippen molar-refractivity contribution < 1.29 is 14.7 Å². The first-order valence-corrected chi connectivity index (χ1v) is 6.20. The molecule has 1 atom stereocenters. The third kappa shape index (κ3) is 3.54. The van der Waals surface area contributed by atoms with E-state index in [1.165, 1.54) is 17.3 Å². The number of amides is 2. The topological polar surface area (TPSA) is 95.4 Å². The lowest BCUT2D eigenvalue weighted by Crippen LogP contribution is -2.43. The fourth-order valence-corrected chi connectivity index (χ4v) is 2.14. The number of anilines is 1. The predicted molar refractivity (Wildman–Crippen MR) is 68.0 cm³/mol. The van der Waals surface area contributed by atoms with Crippen LogP contribution in [-0.4, -0.2) is 45.1 Å². The molecule has 1 aromatic rings. The molecule has 1 unspecified atom stereocenters. The number of halogens is 1. The van der Waals surface area contributed by atoms with Crippen molar-refractivity contribution in [2.24, 2.45) is 5.92 Å². The van der Waals surface area contributed by atoms with Crippen molar-refractivity contribution in [3.63, 3.8) is 0 Å². The maximum Gasteiger partial charge on any atom is 0.407 e. The summed E-state index contributed by atoms with van der Waals surface area (Å²) in [6.07, 6.45) is 1.59. The zero-order chi connectivity index (χ0) is 13.8. The van der Waals surface area contributed by atoms with Crippen LogP contribution < -0.4 is 5.32 Å². The molecule has 2 rings (SSSR count). The zero-order valence-corrected chi connectivity index (χ0v) is 10.8. The van der Waals surface area contributed by atoms with E-state index < -0.39 is 6.09 Å². The molecule has 0 bridgehead atoms. The first kappa shape index (κ1) is 13.5. The molecule has 1 fully saturated rings. The van der Waals surface area contributed by atoms with Crippen LogP contribution in [0.15, 0.2) is 12.4 Å². The van der Waals surface area contributed by atoms with Crippen LogP contribution in [0.4, 0.5) is 10.6 Å². The lowest BCUT2D eigenvalue weighted by Gasteiger charge is -2.29. The Hall–Kier alpha value is -1.89. The number of carbonyl (C=O) groups is 2. The average Bonchev–Trinajstić information content (AvgIpc) is 2.39. The van der Waals surface area contributed by atoms with Crippen LogP contribution in [0, 0.1) is 5.92 Å². The number of aromatic nitrogens is 2. The van der Waals surface area contributed by atoms with Crippen LogP contribution in [0.1, 0.15) is 12.8 Å². The van der Waals surface area contributed by atoms with Gasteiger partial charge in [-0.05, 0) is 12.8 Å². The molecule has 0 saturated carbocycles. The normalized spacial score (nSPS) is 19.0. The fourth-order valence-electron chi connectivity index (χ4n) is 2.00. The Balaban J connectivity index is 1.98. The van der Waals surface area contributed by atoms with Gasteiger partial charge >= 0.3 is 6.09 Å². The molecule has 1 saturated heterocycles. The molecule has 2 heterocycles. The highest BCUT2D eigenvalue weighted by molar-refractivity contribution is 6.29. The summed E-state index contributed by atoms with van der Waals surface area (Å²) in [5, 5.41) is 11.8. The van der Waals surface area contributed by atoms with E-state index in [0.717, 1.165) is 0 Å². The lowest BCUT2D eigenvalue weighted by molar-refractivity contribution is -0.121. The minimum Gasteiger partial charge on any atom is -0.465 e. The second-order valence-electron chi connectivity index (χ2n) is 4.28. The summed E-state index contributed by atoms with van der Waals surface area (Å²) in [6.45, 7) is 0.679. The smallest absolute Gasteiger partial charge is 0.407 e. The summed E-state index contributed by atoms with van der Waals surface area (Å²) in [4.78, 5) is 31.7. The van der Waals surface area contributed by atoms with E-state index in [1.54, 1.807) is 0 Å². The van der Waals surface area contributed by atoms with Crippen molar-refractivity contribution in [2.75, 3.05) is 18.4 Å². The SMILES string of the molecule is O=C(Nc1cc(Cl)ncn1)C1CCCN(C(=O)O)C1. The fraction of sp³-hybridized carbons (Fsp3) is 0.455. The van der Waals surface area contributed by atoms with Gasteiger partial charge < -0.3 is 15.3 Å². The predicted octanol–water partition coefficient (Wildman–Crippen LogP) is 1.46. The van der Waals surface area contributed by atoms with Gasteiger partial charge in [-0.1, -0.05) is 11.6 Å². The lowest BCUT2D eigenvalue weighted by atomic mass is 9.97. The van der Waals surface area contributed by atoms with E-state index in [9.17, 15) is 9.59 Å². The number of carboxylic acid groups (broad SMARTS) is 1. The van der Waals surface area contributed by atoms with E-state index in [1.807, 2.05) is 0 Å². The van der Waals surface area contributed by atoms with E-state index in [0.29, 0.717) is 25.2 Å². The molecule has 8 heteroatoms. The Morgan fingerprint density at radius 3 is 2.95 bits per heavy atom. The van der Waals surface area contributed by atoms with E-state index in [4.69, 9.17) is 16.7 Å². The van der Waals surface area contributed by atoms with Crippen molar-refractivity contribution in [1.29, 1.82) is 0 Å². The Kier molecular flexibility index (Phi) is 4.16. The summed E-state index contributed by atoms with van der Waals surface area (Å²) in [7, 11) is 0. The zero-order valence-electron chi connectivity index (χ0n) is 10.0. The van der Waals surface area contributed by atoms with Crippen LogP contribution in [0.5, 0.6) is 0 Å². The minimum absolute atomic E-state index is 0.208. The van der Waals surface area contributed by atoms with Gasteiger partial charge in [-0.15, -0.1) is 0 Å². The van der Waals surface area contributed by atoms with Crippen molar-refractivity contribution in [2.45, 2.75) is 12.8 Å². The van der Waals surface area contributed by atoms with Gasteiger partial charge in [0.25, 0.3) is 0 Å². The maximum atomic E-state index is 12.0. The van der Waals surface area contributed by atoms with E-state index in [2.05, 4.69) is 15.3 Å². The quantitative estimate of drug-likeness (QED) is 0.802. The van der Waals surface area contributed by atoms with Crippen LogP contribution in [0.3, 0.4) is 0 Å².